The molecule has 1 unspecified atom stereocenters. The number of esters is 1. The van der Waals surface area contributed by atoms with Crippen LogP contribution >= 0.6 is 0 Å². The fraction of sp³-hybridized carbons (Fsp3) is 0.462. The summed E-state index contributed by atoms with van der Waals surface area (Å²) in [4.78, 5) is 11.3. The van der Waals surface area contributed by atoms with E-state index in [0.29, 0.717) is 17.7 Å². The summed E-state index contributed by atoms with van der Waals surface area (Å²) in [6.45, 7) is 3.50. The molecule has 4 nitrogen and oxygen atoms in total. The van der Waals surface area contributed by atoms with Gasteiger partial charge in [-0.25, -0.2) is 4.39 Å². The van der Waals surface area contributed by atoms with Crippen molar-refractivity contribution in [2.24, 2.45) is 5.73 Å². The first-order valence-electron chi connectivity index (χ1n) is 5.63. The van der Waals surface area contributed by atoms with Gasteiger partial charge in [0.25, 0.3) is 0 Å². The van der Waals surface area contributed by atoms with Crippen molar-refractivity contribution >= 4 is 5.97 Å². The van der Waals surface area contributed by atoms with E-state index in [-0.39, 0.29) is 12.4 Å². The topological polar surface area (TPSA) is 61.5 Å². The summed E-state index contributed by atoms with van der Waals surface area (Å²) >= 11 is 0. The summed E-state index contributed by atoms with van der Waals surface area (Å²) in [5.41, 5.74) is 5.21. The second kappa shape index (κ2) is 5.82. The average Bonchev–Trinajstić information content (AvgIpc) is 2.32. The number of hydrogen-bond acceptors (Lipinski definition) is 4. The SMILES string of the molecule is COC(=O)C(C)(N)CCOc1ccc(F)c(C)c1. The van der Waals surface area contributed by atoms with Crippen LogP contribution in [0.4, 0.5) is 4.39 Å². The molecule has 0 amide bonds. The van der Waals surface area contributed by atoms with E-state index in [0.717, 1.165) is 0 Å². The predicted molar refractivity (Wildman–Crippen MR) is 65.9 cm³/mol. The molecule has 1 rings (SSSR count). The molecule has 0 heterocycles. The van der Waals surface area contributed by atoms with Gasteiger partial charge in [-0.1, -0.05) is 0 Å². The molecule has 5 heteroatoms. The first-order valence-corrected chi connectivity index (χ1v) is 5.63. The van der Waals surface area contributed by atoms with Gasteiger partial charge in [-0.05, 0) is 37.6 Å². The van der Waals surface area contributed by atoms with E-state index in [1.165, 1.54) is 19.2 Å². The molecule has 100 valence electrons. The van der Waals surface area contributed by atoms with Crippen LogP contribution in [0.3, 0.4) is 0 Å². The number of aryl methyl sites for hydroxylation is 1. The fourth-order valence-corrected chi connectivity index (χ4v) is 1.42. The second-order valence-electron chi connectivity index (χ2n) is 4.42. The lowest BCUT2D eigenvalue weighted by Gasteiger charge is -2.21. The van der Waals surface area contributed by atoms with Gasteiger partial charge in [-0.15, -0.1) is 0 Å². The largest absolute Gasteiger partial charge is 0.493 e. The van der Waals surface area contributed by atoms with Gasteiger partial charge < -0.3 is 15.2 Å². The maximum Gasteiger partial charge on any atom is 0.325 e. The minimum Gasteiger partial charge on any atom is -0.493 e. The maximum atomic E-state index is 13.0. The van der Waals surface area contributed by atoms with E-state index in [2.05, 4.69) is 4.74 Å². The van der Waals surface area contributed by atoms with Crippen molar-refractivity contribution in [1.29, 1.82) is 0 Å². The Hall–Kier alpha value is -1.62. The monoisotopic (exact) mass is 255 g/mol. The molecular weight excluding hydrogens is 237 g/mol. The van der Waals surface area contributed by atoms with Gasteiger partial charge in [-0.2, -0.15) is 0 Å². The van der Waals surface area contributed by atoms with Crippen molar-refractivity contribution in [2.75, 3.05) is 13.7 Å². The summed E-state index contributed by atoms with van der Waals surface area (Å²) in [7, 11) is 1.29. The number of nitrogens with two attached hydrogens (primary N) is 1. The van der Waals surface area contributed by atoms with Crippen molar-refractivity contribution in [3.63, 3.8) is 0 Å². The molecule has 1 atom stereocenters. The van der Waals surface area contributed by atoms with E-state index in [9.17, 15) is 9.18 Å². The van der Waals surface area contributed by atoms with E-state index >= 15 is 0 Å². The highest BCUT2D eigenvalue weighted by molar-refractivity contribution is 5.79. The molecule has 0 aliphatic rings. The summed E-state index contributed by atoms with van der Waals surface area (Å²) in [5, 5.41) is 0. The van der Waals surface area contributed by atoms with Crippen LogP contribution < -0.4 is 10.5 Å². The van der Waals surface area contributed by atoms with E-state index < -0.39 is 11.5 Å². The number of rotatable bonds is 5. The van der Waals surface area contributed by atoms with Crippen LogP contribution in [0.15, 0.2) is 18.2 Å². The molecule has 0 saturated carbocycles. The average molecular weight is 255 g/mol. The highest BCUT2D eigenvalue weighted by Crippen LogP contribution is 2.17. The lowest BCUT2D eigenvalue weighted by atomic mass is 10.0. The van der Waals surface area contributed by atoms with Crippen LogP contribution in [0.25, 0.3) is 0 Å². The highest BCUT2D eigenvalue weighted by atomic mass is 19.1. The summed E-state index contributed by atoms with van der Waals surface area (Å²) in [5.74, 6) is -0.212. The molecule has 0 fully saturated rings. The fourth-order valence-electron chi connectivity index (χ4n) is 1.42. The van der Waals surface area contributed by atoms with Gasteiger partial charge in [0, 0.05) is 6.42 Å². The quantitative estimate of drug-likeness (QED) is 0.815. The van der Waals surface area contributed by atoms with Gasteiger partial charge in [0.2, 0.25) is 0 Å². The Labute approximate surface area is 106 Å². The standard InChI is InChI=1S/C13H18FNO3/c1-9-8-10(4-5-11(9)14)18-7-6-13(2,15)12(16)17-3/h4-5,8H,6-7,15H2,1-3H3. The van der Waals surface area contributed by atoms with Crippen molar-refractivity contribution in [3.8, 4) is 5.75 Å². The highest BCUT2D eigenvalue weighted by Gasteiger charge is 2.29. The number of halogens is 1. The molecule has 0 aliphatic heterocycles. The first kappa shape index (κ1) is 14.4. The number of benzene rings is 1. The number of hydrogen-bond donors (Lipinski definition) is 1. The van der Waals surface area contributed by atoms with Crippen LogP contribution in [0.1, 0.15) is 18.9 Å². The molecule has 0 spiro atoms. The third-order valence-corrected chi connectivity index (χ3v) is 2.67. The molecule has 18 heavy (non-hydrogen) atoms. The number of carbonyl (C=O) groups is 1. The number of ether oxygens (including phenoxy) is 2. The minimum atomic E-state index is -1.08. The predicted octanol–water partition coefficient (Wildman–Crippen LogP) is 1.79. The Balaban J connectivity index is 2.51. The van der Waals surface area contributed by atoms with E-state index in [1.54, 1.807) is 19.9 Å². The van der Waals surface area contributed by atoms with Gasteiger partial charge >= 0.3 is 5.97 Å². The lowest BCUT2D eigenvalue weighted by molar-refractivity contribution is -0.146. The smallest absolute Gasteiger partial charge is 0.325 e. The summed E-state index contributed by atoms with van der Waals surface area (Å²) < 4.78 is 23.0. The van der Waals surface area contributed by atoms with Crippen molar-refractivity contribution < 1.29 is 18.7 Å². The Bertz CT molecular complexity index is 432. The molecule has 0 aromatic heterocycles. The summed E-state index contributed by atoms with van der Waals surface area (Å²) in [6.07, 6.45) is 0.316. The molecule has 1 aromatic carbocycles. The van der Waals surface area contributed by atoms with Crippen LogP contribution in [0.5, 0.6) is 5.75 Å². The van der Waals surface area contributed by atoms with Crippen LogP contribution in [0.2, 0.25) is 0 Å². The molecule has 0 radical (unpaired) electrons. The zero-order chi connectivity index (χ0) is 13.8. The zero-order valence-corrected chi connectivity index (χ0v) is 10.8. The Morgan fingerprint density at radius 1 is 1.50 bits per heavy atom. The molecule has 1 aromatic rings. The van der Waals surface area contributed by atoms with Crippen molar-refractivity contribution in [3.05, 3.63) is 29.6 Å². The second-order valence-corrected chi connectivity index (χ2v) is 4.42. The Morgan fingerprint density at radius 3 is 2.72 bits per heavy atom. The number of carbonyl (C=O) groups excluding carboxylic acids is 1. The third-order valence-electron chi connectivity index (χ3n) is 2.67. The van der Waals surface area contributed by atoms with Crippen molar-refractivity contribution in [1.82, 2.24) is 0 Å². The number of methoxy groups -OCH3 is 1. The van der Waals surface area contributed by atoms with Crippen LogP contribution in [0, 0.1) is 12.7 Å². The Kier molecular flexibility index (Phi) is 4.67. The van der Waals surface area contributed by atoms with Gasteiger partial charge in [0.05, 0.1) is 13.7 Å². The molecule has 0 bridgehead atoms. The molecule has 2 N–H and O–H groups in total. The van der Waals surface area contributed by atoms with Gasteiger partial charge in [-0.3, -0.25) is 4.79 Å². The molecule has 0 saturated heterocycles. The molecule has 0 aliphatic carbocycles. The van der Waals surface area contributed by atoms with Gasteiger partial charge in [0.15, 0.2) is 0 Å². The first-order chi connectivity index (χ1) is 8.36. The zero-order valence-electron chi connectivity index (χ0n) is 10.8. The maximum absolute atomic E-state index is 13.0. The van der Waals surface area contributed by atoms with E-state index in [4.69, 9.17) is 10.5 Å². The van der Waals surface area contributed by atoms with Crippen LogP contribution in [-0.4, -0.2) is 25.2 Å². The normalized spacial score (nSPS) is 13.8. The molecular formula is C13H18FNO3. The lowest BCUT2D eigenvalue weighted by Crippen LogP contribution is -2.46. The third kappa shape index (κ3) is 3.70. The minimum absolute atomic E-state index is 0.257. The van der Waals surface area contributed by atoms with Gasteiger partial charge in [0.1, 0.15) is 17.1 Å². The Morgan fingerprint density at radius 2 is 2.17 bits per heavy atom. The van der Waals surface area contributed by atoms with Crippen molar-refractivity contribution in [2.45, 2.75) is 25.8 Å². The van der Waals surface area contributed by atoms with Crippen LogP contribution in [-0.2, 0) is 9.53 Å². The summed E-state index contributed by atoms with van der Waals surface area (Å²) in [6, 6.07) is 4.47. The van der Waals surface area contributed by atoms with E-state index in [1.807, 2.05) is 0 Å².